The highest BCUT2D eigenvalue weighted by Gasteiger charge is 2.14. The molecule has 112 valence electrons. The van der Waals surface area contributed by atoms with E-state index < -0.39 is 0 Å². The number of hydrogen-bond donors (Lipinski definition) is 1. The second-order valence-corrected chi connectivity index (χ2v) is 6.39. The van der Waals surface area contributed by atoms with Crippen molar-refractivity contribution in [1.82, 2.24) is 9.97 Å². The van der Waals surface area contributed by atoms with Crippen LogP contribution in [-0.4, -0.2) is 16.5 Å². The molecule has 2 rings (SSSR count). The van der Waals surface area contributed by atoms with Crippen LogP contribution in [0.3, 0.4) is 0 Å². The average molecular weight is 348 g/mol. The third-order valence-electron chi connectivity index (χ3n) is 3.38. The van der Waals surface area contributed by atoms with E-state index >= 15 is 0 Å². The zero-order valence-corrected chi connectivity index (χ0v) is 14.7. The van der Waals surface area contributed by atoms with E-state index in [4.69, 9.17) is 9.97 Å². The van der Waals surface area contributed by atoms with Crippen molar-refractivity contribution in [3.8, 4) is 0 Å². The first-order valence-electron chi connectivity index (χ1n) is 7.37. The minimum atomic E-state index is 0.417. The number of halogens is 1. The summed E-state index contributed by atoms with van der Waals surface area (Å²) >= 11 is 3.46. The maximum absolute atomic E-state index is 4.73. The molecule has 0 amide bonds. The standard InChI is InChI=1S/C17H22BrN3/c1-5-19-17-16(11(2)3)12(4)20-15(21-17)10-13-6-8-14(18)9-7-13/h6-9,11H,5,10H2,1-4H3,(H,19,20,21). The molecule has 1 aromatic heterocycles. The highest BCUT2D eigenvalue weighted by atomic mass is 79.9. The summed E-state index contributed by atoms with van der Waals surface area (Å²) in [5.41, 5.74) is 3.51. The van der Waals surface area contributed by atoms with Gasteiger partial charge >= 0.3 is 0 Å². The highest BCUT2D eigenvalue weighted by molar-refractivity contribution is 9.10. The Morgan fingerprint density at radius 3 is 2.38 bits per heavy atom. The van der Waals surface area contributed by atoms with Crippen LogP contribution >= 0.6 is 15.9 Å². The topological polar surface area (TPSA) is 37.8 Å². The Balaban J connectivity index is 2.34. The lowest BCUT2D eigenvalue weighted by atomic mass is 10.0. The van der Waals surface area contributed by atoms with Crippen molar-refractivity contribution in [2.24, 2.45) is 0 Å². The third kappa shape index (κ3) is 4.03. The number of aromatic nitrogens is 2. The van der Waals surface area contributed by atoms with Gasteiger partial charge in [0.2, 0.25) is 0 Å². The minimum absolute atomic E-state index is 0.417. The predicted molar refractivity (Wildman–Crippen MR) is 92.0 cm³/mol. The van der Waals surface area contributed by atoms with Gasteiger partial charge in [-0.1, -0.05) is 41.9 Å². The highest BCUT2D eigenvalue weighted by Crippen LogP contribution is 2.25. The lowest BCUT2D eigenvalue weighted by Gasteiger charge is -2.16. The van der Waals surface area contributed by atoms with Crippen molar-refractivity contribution >= 4 is 21.7 Å². The number of anilines is 1. The van der Waals surface area contributed by atoms with Gasteiger partial charge in [-0.05, 0) is 37.5 Å². The van der Waals surface area contributed by atoms with Crippen molar-refractivity contribution in [3.63, 3.8) is 0 Å². The van der Waals surface area contributed by atoms with Gasteiger partial charge < -0.3 is 5.32 Å². The Bertz CT molecular complexity index is 606. The van der Waals surface area contributed by atoms with E-state index in [0.717, 1.165) is 34.8 Å². The summed E-state index contributed by atoms with van der Waals surface area (Å²) in [5.74, 6) is 2.27. The smallest absolute Gasteiger partial charge is 0.135 e. The molecule has 4 heteroatoms. The number of rotatable bonds is 5. The van der Waals surface area contributed by atoms with Gasteiger partial charge in [-0.15, -0.1) is 0 Å². The molecule has 0 unspecified atom stereocenters. The second kappa shape index (κ2) is 7.03. The molecule has 0 aliphatic carbocycles. The molecule has 21 heavy (non-hydrogen) atoms. The van der Waals surface area contributed by atoms with Crippen molar-refractivity contribution in [2.75, 3.05) is 11.9 Å². The fourth-order valence-corrected chi connectivity index (χ4v) is 2.76. The molecule has 1 aromatic carbocycles. The van der Waals surface area contributed by atoms with Gasteiger partial charge in [-0.25, -0.2) is 9.97 Å². The number of benzene rings is 1. The maximum atomic E-state index is 4.73. The largest absolute Gasteiger partial charge is 0.370 e. The normalized spacial score (nSPS) is 11.0. The quantitative estimate of drug-likeness (QED) is 0.852. The van der Waals surface area contributed by atoms with Gasteiger partial charge in [0.15, 0.2) is 0 Å². The lowest BCUT2D eigenvalue weighted by Crippen LogP contribution is -2.11. The van der Waals surface area contributed by atoms with Crippen molar-refractivity contribution in [1.29, 1.82) is 0 Å². The van der Waals surface area contributed by atoms with Crippen LogP contribution in [0.4, 0.5) is 5.82 Å². The molecular formula is C17H22BrN3. The summed E-state index contributed by atoms with van der Waals surface area (Å²) in [7, 11) is 0. The van der Waals surface area contributed by atoms with Gasteiger partial charge in [-0.3, -0.25) is 0 Å². The molecule has 3 nitrogen and oxygen atoms in total. The van der Waals surface area contributed by atoms with Crippen LogP contribution in [-0.2, 0) is 6.42 Å². The van der Waals surface area contributed by atoms with E-state index in [2.05, 4.69) is 73.2 Å². The monoisotopic (exact) mass is 347 g/mol. The van der Waals surface area contributed by atoms with Gasteiger partial charge in [0.05, 0.1) is 0 Å². The zero-order valence-electron chi connectivity index (χ0n) is 13.1. The summed E-state index contributed by atoms with van der Waals surface area (Å²) < 4.78 is 1.09. The SMILES string of the molecule is CCNc1nc(Cc2ccc(Br)cc2)nc(C)c1C(C)C. The maximum Gasteiger partial charge on any atom is 0.135 e. The van der Waals surface area contributed by atoms with Crippen LogP contribution in [0.15, 0.2) is 28.7 Å². The minimum Gasteiger partial charge on any atom is -0.370 e. The average Bonchev–Trinajstić information content (AvgIpc) is 2.41. The molecule has 0 fully saturated rings. The number of nitrogens with one attached hydrogen (secondary N) is 1. The summed E-state index contributed by atoms with van der Waals surface area (Å²) in [5, 5.41) is 3.37. The molecule has 0 aliphatic rings. The molecular weight excluding hydrogens is 326 g/mol. The molecule has 0 radical (unpaired) electrons. The fourth-order valence-electron chi connectivity index (χ4n) is 2.50. The molecule has 0 saturated carbocycles. The first kappa shape index (κ1) is 16.0. The number of hydrogen-bond acceptors (Lipinski definition) is 3. The van der Waals surface area contributed by atoms with Gasteiger partial charge in [0, 0.05) is 28.7 Å². The molecule has 1 heterocycles. The van der Waals surface area contributed by atoms with Crippen molar-refractivity contribution < 1.29 is 0 Å². The Morgan fingerprint density at radius 1 is 1.14 bits per heavy atom. The predicted octanol–water partition coefficient (Wildman–Crippen LogP) is 4.69. The lowest BCUT2D eigenvalue weighted by molar-refractivity contribution is 0.811. The summed E-state index contributed by atoms with van der Waals surface area (Å²) in [6.07, 6.45) is 0.755. The van der Waals surface area contributed by atoms with Crippen LogP contribution in [0.5, 0.6) is 0 Å². The summed E-state index contributed by atoms with van der Waals surface area (Å²) in [6.45, 7) is 9.40. The van der Waals surface area contributed by atoms with E-state index in [1.807, 2.05) is 0 Å². The Kier molecular flexibility index (Phi) is 5.34. The third-order valence-corrected chi connectivity index (χ3v) is 3.91. The van der Waals surface area contributed by atoms with E-state index in [0.29, 0.717) is 5.92 Å². The van der Waals surface area contributed by atoms with Crippen LogP contribution in [0.1, 0.15) is 49.3 Å². The van der Waals surface area contributed by atoms with Crippen LogP contribution < -0.4 is 5.32 Å². The van der Waals surface area contributed by atoms with E-state index in [9.17, 15) is 0 Å². The molecule has 1 N–H and O–H groups in total. The van der Waals surface area contributed by atoms with Crippen LogP contribution in [0.2, 0.25) is 0 Å². The Hall–Kier alpha value is -1.42. The molecule has 0 bridgehead atoms. The van der Waals surface area contributed by atoms with Gasteiger partial charge in [0.25, 0.3) is 0 Å². The second-order valence-electron chi connectivity index (χ2n) is 5.48. The molecule has 0 aliphatic heterocycles. The number of nitrogens with zero attached hydrogens (tertiary/aromatic N) is 2. The van der Waals surface area contributed by atoms with Crippen molar-refractivity contribution in [2.45, 2.75) is 40.0 Å². The molecule has 2 aromatic rings. The summed E-state index contributed by atoms with van der Waals surface area (Å²) in [4.78, 5) is 9.42. The van der Waals surface area contributed by atoms with E-state index in [-0.39, 0.29) is 0 Å². The van der Waals surface area contributed by atoms with Gasteiger partial charge in [-0.2, -0.15) is 0 Å². The van der Waals surface area contributed by atoms with Gasteiger partial charge in [0.1, 0.15) is 11.6 Å². The zero-order chi connectivity index (χ0) is 15.4. The first-order chi connectivity index (χ1) is 10.0. The van der Waals surface area contributed by atoms with E-state index in [1.54, 1.807) is 0 Å². The van der Waals surface area contributed by atoms with Crippen LogP contribution in [0, 0.1) is 6.92 Å². The molecule has 0 saturated heterocycles. The molecule has 0 spiro atoms. The number of aryl methyl sites for hydroxylation is 1. The molecule has 0 atom stereocenters. The van der Waals surface area contributed by atoms with Crippen molar-refractivity contribution in [3.05, 3.63) is 51.4 Å². The Morgan fingerprint density at radius 2 is 1.81 bits per heavy atom. The Labute approximate surface area is 135 Å². The summed E-state index contributed by atoms with van der Waals surface area (Å²) in [6, 6.07) is 8.31. The fraction of sp³-hybridized carbons (Fsp3) is 0.412. The van der Waals surface area contributed by atoms with Crippen LogP contribution in [0.25, 0.3) is 0 Å². The first-order valence-corrected chi connectivity index (χ1v) is 8.16. The van der Waals surface area contributed by atoms with E-state index in [1.165, 1.54) is 11.1 Å².